The third-order valence-corrected chi connectivity index (χ3v) is 5.40. The van der Waals surface area contributed by atoms with Crippen molar-refractivity contribution in [2.45, 2.75) is 13.0 Å². The number of imidazole rings is 1. The first kappa shape index (κ1) is 23.3. The molecule has 174 valence electrons. The Morgan fingerprint density at radius 3 is 2.63 bits per heavy atom. The van der Waals surface area contributed by atoms with Gasteiger partial charge in [-0.3, -0.25) is 0 Å². The van der Waals surface area contributed by atoms with Crippen molar-refractivity contribution in [1.82, 2.24) is 9.97 Å². The molecule has 7 nitrogen and oxygen atoms in total. The molecule has 0 bridgehead atoms. The zero-order chi connectivity index (χ0) is 24.8. The second-order valence-electron chi connectivity index (χ2n) is 7.77. The molecular formula is C28H23N3O4. The maximum atomic E-state index is 11.1. The first-order valence-electron chi connectivity index (χ1n) is 10.9. The number of carbonyl (C=O) groups is 1. The van der Waals surface area contributed by atoms with Crippen LogP contribution in [0.1, 0.15) is 32.9 Å². The average Bonchev–Trinajstić information content (AvgIpc) is 3.31. The highest BCUT2D eigenvalue weighted by molar-refractivity contribution is 5.90. The van der Waals surface area contributed by atoms with Gasteiger partial charge in [0.1, 0.15) is 18.5 Å². The molecule has 0 radical (unpaired) electrons. The van der Waals surface area contributed by atoms with Crippen molar-refractivity contribution < 1.29 is 19.4 Å². The van der Waals surface area contributed by atoms with Crippen LogP contribution in [0.5, 0.6) is 11.5 Å². The molecule has 0 atom stereocenters. The van der Waals surface area contributed by atoms with Crippen molar-refractivity contribution in [3.05, 3.63) is 101 Å². The fourth-order valence-electron chi connectivity index (χ4n) is 3.69. The van der Waals surface area contributed by atoms with Crippen LogP contribution in [0.3, 0.4) is 0 Å². The molecule has 7 heteroatoms. The number of aromatic amines is 1. The van der Waals surface area contributed by atoms with Crippen molar-refractivity contribution in [3.63, 3.8) is 0 Å². The van der Waals surface area contributed by atoms with E-state index in [9.17, 15) is 10.1 Å². The molecule has 0 saturated carbocycles. The molecule has 1 heterocycles. The van der Waals surface area contributed by atoms with Gasteiger partial charge in [-0.05, 0) is 60.0 Å². The molecule has 0 amide bonds. The Hall–Kier alpha value is -4.83. The topological polar surface area (TPSA) is 108 Å². The lowest BCUT2D eigenvalue weighted by Gasteiger charge is -2.16. The van der Waals surface area contributed by atoms with E-state index < -0.39 is 5.97 Å². The van der Waals surface area contributed by atoms with Gasteiger partial charge >= 0.3 is 5.97 Å². The summed E-state index contributed by atoms with van der Waals surface area (Å²) in [5.74, 6) is 0.590. The first-order chi connectivity index (χ1) is 17.0. The molecule has 0 aliphatic heterocycles. The smallest absolute Gasteiger partial charge is 0.335 e. The first-order valence-corrected chi connectivity index (χ1v) is 10.9. The second kappa shape index (κ2) is 10.4. The Bertz CT molecular complexity index is 1430. The predicted molar refractivity (Wildman–Crippen MR) is 134 cm³/mol. The minimum atomic E-state index is -0.976. The van der Waals surface area contributed by atoms with Crippen LogP contribution >= 0.6 is 0 Å². The zero-order valence-electron chi connectivity index (χ0n) is 19.1. The number of hydrogen-bond acceptors (Lipinski definition) is 5. The lowest BCUT2D eigenvalue weighted by Crippen LogP contribution is -2.03. The summed E-state index contributed by atoms with van der Waals surface area (Å²) in [5, 5.41) is 18.9. The minimum absolute atomic E-state index is 0.215. The van der Waals surface area contributed by atoms with Gasteiger partial charge in [-0.25, -0.2) is 9.78 Å². The summed E-state index contributed by atoms with van der Waals surface area (Å²) >= 11 is 0. The molecule has 2 N–H and O–H groups in total. The highest BCUT2D eigenvalue weighted by Crippen LogP contribution is 2.35. The van der Waals surface area contributed by atoms with E-state index >= 15 is 0 Å². The summed E-state index contributed by atoms with van der Waals surface area (Å²) in [7, 11) is 1.56. The van der Waals surface area contributed by atoms with E-state index in [1.165, 1.54) is 12.1 Å². The number of nitriles is 1. The van der Waals surface area contributed by atoms with Crippen LogP contribution in [0.4, 0.5) is 0 Å². The number of nitrogens with zero attached hydrogens (tertiary/aromatic N) is 2. The van der Waals surface area contributed by atoms with Crippen LogP contribution < -0.4 is 9.47 Å². The van der Waals surface area contributed by atoms with Gasteiger partial charge in [-0.2, -0.15) is 5.26 Å². The van der Waals surface area contributed by atoms with E-state index in [0.29, 0.717) is 29.3 Å². The monoisotopic (exact) mass is 465 g/mol. The SMILES string of the molecule is C=CCc1cc(/C=C(\C#N)c2nc3ccccc3[nH]2)cc(OC)c1OCc1ccc(C(=O)O)cc1. The van der Waals surface area contributed by atoms with Gasteiger partial charge in [0.15, 0.2) is 11.5 Å². The fourth-order valence-corrected chi connectivity index (χ4v) is 3.69. The summed E-state index contributed by atoms with van der Waals surface area (Å²) in [6, 6.07) is 20.1. The van der Waals surface area contributed by atoms with Crippen molar-refractivity contribution in [1.29, 1.82) is 5.26 Å². The zero-order valence-corrected chi connectivity index (χ0v) is 19.1. The maximum Gasteiger partial charge on any atom is 0.335 e. The lowest BCUT2D eigenvalue weighted by atomic mass is 10.0. The Morgan fingerprint density at radius 1 is 1.20 bits per heavy atom. The molecule has 0 unspecified atom stereocenters. The van der Waals surface area contributed by atoms with E-state index in [-0.39, 0.29) is 12.2 Å². The normalized spacial score (nSPS) is 11.1. The van der Waals surface area contributed by atoms with Gasteiger partial charge in [0.25, 0.3) is 0 Å². The van der Waals surface area contributed by atoms with Gasteiger partial charge in [0.05, 0.1) is 29.3 Å². The number of rotatable bonds is 9. The van der Waals surface area contributed by atoms with Crippen molar-refractivity contribution >= 4 is 28.7 Å². The maximum absolute atomic E-state index is 11.1. The number of methoxy groups -OCH3 is 1. The molecule has 0 saturated heterocycles. The number of carboxylic acid groups (broad SMARTS) is 1. The average molecular weight is 466 g/mol. The molecule has 4 rings (SSSR count). The van der Waals surface area contributed by atoms with E-state index in [1.54, 1.807) is 37.5 Å². The number of ether oxygens (including phenoxy) is 2. The van der Waals surface area contributed by atoms with E-state index in [0.717, 1.165) is 27.7 Å². The van der Waals surface area contributed by atoms with Crippen LogP contribution in [0.2, 0.25) is 0 Å². The summed E-state index contributed by atoms with van der Waals surface area (Å²) in [6.45, 7) is 4.08. The number of nitrogens with one attached hydrogen (secondary N) is 1. The van der Waals surface area contributed by atoms with Crippen LogP contribution in [0, 0.1) is 11.3 Å². The lowest BCUT2D eigenvalue weighted by molar-refractivity contribution is 0.0697. The number of aromatic nitrogens is 2. The molecule has 3 aromatic carbocycles. The Balaban J connectivity index is 1.66. The molecular weight excluding hydrogens is 442 g/mol. The quantitative estimate of drug-likeness (QED) is 0.245. The molecule has 0 aliphatic carbocycles. The number of fused-ring (bicyclic) bond motifs is 1. The highest BCUT2D eigenvalue weighted by atomic mass is 16.5. The van der Waals surface area contributed by atoms with Gasteiger partial charge in [-0.1, -0.05) is 30.3 Å². The minimum Gasteiger partial charge on any atom is -0.493 e. The van der Waals surface area contributed by atoms with Crippen molar-refractivity contribution in [2.75, 3.05) is 7.11 Å². The number of para-hydroxylation sites is 2. The van der Waals surface area contributed by atoms with Crippen molar-refractivity contribution in [2.24, 2.45) is 0 Å². The van der Waals surface area contributed by atoms with Crippen LogP contribution in [0.25, 0.3) is 22.7 Å². The molecule has 0 fully saturated rings. The number of hydrogen-bond donors (Lipinski definition) is 2. The summed E-state index contributed by atoms with van der Waals surface area (Å²) in [5.41, 5.74) is 4.67. The summed E-state index contributed by atoms with van der Waals surface area (Å²) in [6.07, 6.45) is 4.04. The highest BCUT2D eigenvalue weighted by Gasteiger charge is 2.15. The fraction of sp³-hybridized carbons (Fsp3) is 0.107. The summed E-state index contributed by atoms with van der Waals surface area (Å²) < 4.78 is 11.7. The largest absolute Gasteiger partial charge is 0.493 e. The predicted octanol–water partition coefficient (Wildman–Crippen LogP) is 5.64. The third-order valence-electron chi connectivity index (χ3n) is 5.40. The molecule has 1 aromatic heterocycles. The second-order valence-corrected chi connectivity index (χ2v) is 7.77. The number of benzene rings is 3. The Morgan fingerprint density at radius 2 is 1.97 bits per heavy atom. The van der Waals surface area contributed by atoms with Crippen LogP contribution in [0.15, 0.2) is 73.3 Å². The van der Waals surface area contributed by atoms with Gasteiger partial charge in [-0.15, -0.1) is 6.58 Å². The van der Waals surface area contributed by atoms with E-state index in [2.05, 4.69) is 22.6 Å². The molecule has 35 heavy (non-hydrogen) atoms. The van der Waals surface area contributed by atoms with Gasteiger partial charge in [0, 0.05) is 5.56 Å². The number of H-pyrrole nitrogens is 1. The Kier molecular flexibility index (Phi) is 6.94. The standard InChI is InChI=1S/C28H23N3O4/c1-3-6-21-13-19(14-22(16-29)27-30-23-7-4-5-8-24(23)31-27)15-25(34-2)26(21)35-17-18-9-11-20(12-10-18)28(32)33/h3-5,7-15H,1,6,17H2,2H3,(H,30,31)(H,32,33)/b22-14+. The van der Waals surface area contributed by atoms with Crippen LogP contribution in [-0.2, 0) is 13.0 Å². The molecule has 0 aliphatic rings. The van der Waals surface area contributed by atoms with Gasteiger partial charge < -0.3 is 19.6 Å². The van der Waals surface area contributed by atoms with E-state index in [4.69, 9.17) is 14.6 Å². The number of carboxylic acids is 1. The molecule has 4 aromatic rings. The van der Waals surface area contributed by atoms with Crippen molar-refractivity contribution in [3.8, 4) is 17.6 Å². The Labute approximate surface area is 202 Å². The molecule has 0 spiro atoms. The number of allylic oxidation sites excluding steroid dienone is 2. The number of aromatic carboxylic acids is 1. The third kappa shape index (κ3) is 5.23. The van der Waals surface area contributed by atoms with Gasteiger partial charge in [0.2, 0.25) is 0 Å². The van der Waals surface area contributed by atoms with Crippen LogP contribution in [-0.4, -0.2) is 28.2 Å². The van der Waals surface area contributed by atoms with E-state index in [1.807, 2.05) is 30.3 Å². The summed E-state index contributed by atoms with van der Waals surface area (Å²) in [4.78, 5) is 18.8.